The molecule has 0 heterocycles. The van der Waals surface area contributed by atoms with Gasteiger partial charge in [-0.3, -0.25) is 0 Å². The van der Waals surface area contributed by atoms with Crippen LogP contribution >= 0.6 is 0 Å². The van der Waals surface area contributed by atoms with Gasteiger partial charge in [-0.25, -0.2) is 0 Å². The summed E-state index contributed by atoms with van der Waals surface area (Å²) >= 11 is 0. The number of aryl methyl sites for hydroxylation is 4. The van der Waals surface area contributed by atoms with Crippen LogP contribution in [0, 0.1) is 0 Å². The van der Waals surface area contributed by atoms with Gasteiger partial charge >= 0.3 is 0 Å². The minimum atomic E-state index is 1.10. The van der Waals surface area contributed by atoms with E-state index in [2.05, 4.69) is 64.1 Å². The molecule has 0 saturated heterocycles. The van der Waals surface area contributed by atoms with Crippen molar-refractivity contribution in [2.75, 3.05) is 0 Å². The van der Waals surface area contributed by atoms with Gasteiger partial charge in [0.1, 0.15) is 0 Å². The Morgan fingerprint density at radius 3 is 1.12 bits per heavy atom. The van der Waals surface area contributed by atoms with Gasteiger partial charge in [0.25, 0.3) is 0 Å². The van der Waals surface area contributed by atoms with Gasteiger partial charge in [-0.2, -0.15) is 0 Å². The summed E-state index contributed by atoms with van der Waals surface area (Å²) in [5, 5.41) is 0. The Balaban J connectivity index is 2.23. The van der Waals surface area contributed by atoms with Gasteiger partial charge in [0.05, 0.1) is 0 Å². The molecule has 0 radical (unpaired) electrons. The second-order valence-corrected chi connectivity index (χ2v) is 10.2. The third-order valence-electron chi connectivity index (χ3n) is 7.16. The minimum absolute atomic E-state index is 1.10. The van der Waals surface area contributed by atoms with Crippen molar-refractivity contribution in [2.24, 2.45) is 0 Å². The molecule has 0 amide bonds. The predicted octanol–water partition coefficient (Wildman–Crippen LogP) is 10.2. The number of rotatable bonds is 18. The van der Waals surface area contributed by atoms with E-state index >= 15 is 0 Å². The molecule has 0 bridgehead atoms. The summed E-state index contributed by atoms with van der Waals surface area (Å²) in [6.45, 7) is 9.22. The highest BCUT2D eigenvalue weighted by Crippen LogP contribution is 2.24. The molecular weight excluding hydrogens is 396 g/mol. The van der Waals surface area contributed by atoms with Gasteiger partial charge in [-0.15, -0.1) is 0 Å². The first-order valence-electron chi connectivity index (χ1n) is 14.4. The molecule has 2 rings (SSSR count). The van der Waals surface area contributed by atoms with Gasteiger partial charge in [0, 0.05) is 0 Å². The third kappa shape index (κ3) is 10.5. The van der Waals surface area contributed by atoms with Gasteiger partial charge in [-0.1, -0.05) is 115 Å². The average Bonchev–Trinajstić information content (AvgIpc) is 2.82. The standard InChI is InChI=1S/C33H52/c1-5-9-13-17-28-21-23-32(30(25-28)19-15-11-7-3)27-33-24-22-29(18-14-10-6-2)26-31(33)20-16-12-8-4/h21-26H,5-20,27H2,1-4H3. The molecule has 0 heteroatoms. The number of benzene rings is 2. The molecule has 2 aromatic carbocycles. The highest BCUT2D eigenvalue weighted by atomic mass is 14.2. The molecule has 0 spiro atoms. The van der Waals surface area contributed by atoms with E-state index in [1.807, 2.05) is 0 Å². The average molecular weight is 449 g/mol. The Hall–Kier alpha value is -1.56. The SMILES string of the molecule is CCCCCc1ccc(Cc2ccc(CCCCC)cc2CCCCC)c(CCCCC)c1. The van der Waals surface area contributed by atoms with Crippen LogP contribution in [-0.4, -0.2) is 0 Å². The van der Waals surface area contributed by atoms with Crippen LogP contribution < -0.4 is 0 Å². The molecule has 0 aliphatic heterocycles. The van der Waals surface area contributed by atoms with Crippen molar-refractivity contribution in [3.05, 3.63) is 69.8 Å². The molecule has 0 aliphatic rings. The van der Waals surface area contributed by atoms with Crippen molar-refractivity contribution in [2.45, 2.75) is 137 Å². The van der Waals surface area contributed by atoms with Gasteiger partial charge in [-0.05, 0) is 91.2 Å². The van der Waals surface area contributed by atoms with Crippen molar-refractivity contribution in [3.63, 3.8) is 0 Å². The molecule has 33 heavy (non-hydrogen) atoms. The molecule has 0 atom stereocenters. The first kappa shape index (κ1) is 27.7. The summed E-state index contributed by atoms with van der Waals surface area (Å²) < 4.78 is 0. The fourth-order valence-electron chi connectivity index (χ4n) is 4.97. The third-order valence-corrected chi connectivity index (χ3v) is 7.16. The minimum Gasteiger partial charge on any atom is -0.0654 e. The Labute approximate surface area is 206 Å². The van der Waals surface area contributed by atoms with Crippen LogP contribution in [0.25, 0.3) is 0 Å². The van der Waals surface area contributed by atoms with Crippen LogP contribution in [0.15, 0.2) is 36.4 Å². The number of hydrogen-bond donors (Lipinski definition) is 0. The Morgan fingerprint density at radius 2 is 0.758 bits per heavy atom. The summed E-state index contributed by atoms with van der Waals surface area (Å²) in [7, 11) is 0. The van der Waals surface area contributed by atoms with E-state index < -0.39 is 0 Å². The number of hydrogen-bond acceptors (Lipinski definition) is 0. The summed E-state index contributed by atoms with van der Waals surface area (Å²) in [5.74, 6) is 0. The quantitative estimate of drug-likeness (QED) is 0.199. The molecule has 2 aromatic rings. The lowest BCUT2D eigenvalue weighted by Crippen LogP contribution is -2.03. The van der Waals surface area contributed by atoms with Gasteiger partial charge < -0.3 is 0 Å². The Bertz CT molecular complexity index is 704. The Morgan fingerprint density at radius 1 is 0.394 bits per heavy atom. The van der Waals surface area contributed by atoms with Gasteiger partial charge in [0.2, 0.25) is 0 Å². The largest absolute Gasteiger partial charge is 0.0654 e. The van der Waals surface area contributed by atoms with Crippen molar-refractivity contribution >= 4 is 0 Å². The van der Waals surface area contributed by atoms with Crippen LogP contribution in [-0.2, 0) is 32.1 Å². The van der Waals surface area contributed by atoms with Crippen LogP contribution in [0.4, 0.5) is 0 Å². The van der Waals surface area contributed by atoms with Gasteiger partial charge in [0.15, 0.2) is 0 Å². The topological polar surface area (TPSA) is 0 Å². The molecule has 0 aromatic heterocycles. The van der Waals surface area contributed by atoms with E-state index in [0.29, 0.717) is 0 Å². The summed E-state index contributed by atoms with van der Waals surface area (Å²) in [6.07, 6.45) is 21.9. The highest BCUT2D eigenvalue weighted by Gasteiger charge is 2.10. The first-order valence-corrected chi connectivity index (χ1v) is 14.4. The molecule has 0 N–H and O–H groups in total. The molecule has 0 saturated carbocycles. The maximum Gasteiger partial charge on any atom is -0.00203 e. The zero-order chi connectivity index (χ0) is 23.7. The van der Waals surface area contributed by atoms with E-state index in [0.717, 1.165) is 6.42 Å². The fraction of sp³-hybridized carbons (Fsp3) is 0.636. The lowest BCUT2D eigenvalue weighted by Gasteiger charge is -2.16. The van der Waals surface area contributed by atoms with E-state index in [1.165, 1.54) is 103 Å². The lowest BCUT2D eigenvalue weighted by molar-refractivity contribution is 0.703. The second-order valence-electron chi connectivity index (χ2n) is 10.2. The van der Waals surface area contributed by atoms with Crippen LogP contribution in [0.2, 0.25) is 0 Å². The van der Waals surface area contributed by atoms with Crippen LogP contribution in [0.3, 0.4) is 0 Å². The summed E-state index contributed by atoms with van der Waals surface area (Å²) in [6, 6.07) is 14.9. The molecular formula is C33H52. The van der Waals surface area contributed by atoms with E-state index in [1.54, 1.807) is 33.4 Å². The zero-order valence-electron chi connectivity index (χ0n) is 22.5. The van der Waals surface area contributed by atoms with Crippen molar-refractivity contribution < 1.29 is 0 Å². The molecule has 0 fully saturated rings. The zero-order valence-corrected chi connectivity index (χ0v) is 22.5. The maximum atomic E-state index is 2.55. The fourth-order valence-corrected chi connectivity index (χ4v) is 4.97. The highest BCUT2D eigenvalue weighted by molar-refractivity contribution is 5.40. The van der Waals surface area contributed by atoms with Crippen molar-refractivity contribution in [1.82, 2.24) is 0 Å². The van der Waals surface area contributed by atoms with E-state index in [-0.39, 0.29) is 0 Å². The second kappa shape index (κ2) is 17.0. The molecule has 0 aliphatic carbocycles. The van der Waals surface area contributed by atoms with Crippen molar-refractivity contribution in [3.8, 4) is 0 Å². The summed E-state index contributed by atoms with van der Waals surface area (Å²) in [4.78, 5) is 0. The van der Waals surface area contributed by atoms with E-state index in [9.17, 15) is 0 Å². The molecule has 0 unspecified atom stereocenters. The molecule has 184 valence electrons. The van der Waals surface area contributed by atoms with E-state index in [4.69, 9.17) is 0 Å². The normalized spacial score (nSPS) is 11.3. The maximum absolute atomic E-state index is 2.55. The smallest absolute Gasteiger partial charge is 0.00203 e. The number of unbranched alkanes of at least 4 members (excludes halogenated alkanes) is 8. The first-order chi connectivity index (χ1) is 16.2. The lowest BCUT2D eigenvalue weighted by atomic mass is 9.89. The monoisotopic (exact) mass is 448 g/mol. The molecule has 0 nitrogen and oxygen atoms in total. The van der Waals surface area contributed by atoms with Crippen molar-refractivity contribution in [1.29, 1.82) is 0 Å². The van der Waals surface area contributed by atoms with Crippen LogP contribution in [0.1, 0.15) is 138 Å². The predicted molar refractivity (Wildman–Crippen MR) is 149 cm³/mol. The van der Waals surface area contributed by atoms with Crippen LogP contribution in [0.5, 0.6) is 0 Å². The summed E-state index contributed by atoms with van der Waals surface area (Å²) in [5.41, 5.74) is 9.47. The Kier molecular flexibility index (Phi) is 14.2.